The molecule has 1 aromatic rings. The summed E-state index contributed by atoms with van der Waals surface area (Å²) in [6.45, 7) is 7.11. The van der Waals surface area contributed by atoms with Crippen LogP contribution >= 0.6 is 0 Å². The molecule has 0 saturated heterocycles. The van der Waals surface area contributed by atoms with Gasteiger partial charge in [0.2, 0.25) is 0 Å². The van der Waals surface area contributed by atoms with Crippen molar-refractivity contribution in [3.05, 3.63) is 35.9 Å². The van der Waals surface area contributed by atoms with E-state index >= 15 is 0 Å². The van der Waals surface area contributed by atoms with Gasteiger partial charge in [-0.2, -0.15) is 0 Å². The molecule has 2 bridgehead atoms. The van der Waals surface area contributed by atoms with Gasteiger partial charge in [-0.25, -0.2) is 0 Å². The average Bonchev–Trinajstić information content (AvgIpc) is 2.73. The topological polar surface area (TPSA) is 29.1 Å². The quantitative estimate of drug-likeness (QED) is 0.861. The Hall–Kier alpha value is -1.31. The van der Waals surface area contributed by atoms with Crippen molar-refractivity contribution in [3.8, 4) is 0 Å². The van der Waals surface area contributed by atoms with E-state index in [9.17, 15) is 4.79 Å². The van der Waals surface area contributed by atoms with Crippen molar-refractivity contribution < 1.29 is 4.79 Å². The predicted molar refractivity (Wildman–Crippen MR) is 76.9 cm³/mol. The van der Waals surface area contributed by atoms with E-state index in [2.05, 4.69) is 26.1 Å². The number of hydrogen-bond acceptors (Lipinski definition) is 1. The Kier molecular flexibility index (Phi) is 2.74. The van der Waals surface area contributed by atoms with E-state index in [-0.39, 0.29) is 11.3 Å². The van der Waals surface area contributed by atoms with Crippen molar-refractivity contribution in [2.45, 2.75) is 46.1 Å². The lowest BCUT2D eigenvalue weighted by Gasteiger charge is -2.39. The van der Waals surface area contributed by atoms with Crippen LogP contribution in [0.25, 0.3) is 0 Å². The Morgan fingerprint density at radius 1 is 1.21 bits per heavy atom. The molecular formula is C17H23NO. The number of benzene rings is 1. The zero-order valence-corrected chi connectivity index (χ0v) is 12.1. The molecular weight excluding hydrogens is 234 g/mol. The van der Waals surface area contributed by atoms with E-state index in [1.54, 1.807) is 0 Å². The number of carbonyl (C=O) groups is 1. The lowest BCUT2D eigenvalue weighted by Crippen LogP contribution is -2.46. The molecule has 2 aliphatic carbocycles. The second-order valence-electron chi connectivity index (χ2n) is 7.00. The predicted octanol–water partition coefficient (Wildman–Crippen LogP) is 3.63. The van der Waals surface area contributed by atoms with Crippen molar-refractivity contribution in [2.75, 3.05) is 0 Å². The summed E-state index contributed by atoms with van der Waals surface area (Å²) in [6.07, 6.45) is 3.70. The second-order valence-corrected chi connectivity index (χ2v) is 7.00. The Morgan fingerprint density at radius 3 is 2.42 bits per heavy atom. The molecule has 2 aliphatic rings. The fourth-order valence-corrected chi connectivity index (χ4v) is 4.25. The summed E-state index contributed by atoms with van der Waals surface area (Å²) >= 11 is 0. The first kappa shape index (κ1) is 12.7. The third-order valence-electron chi connectivity index (χ3n) is 6.14. The van der Waals surface area contributed by atoms with Crippen LogP contribution in [0, 0.1) is 16.7 Å². The standard InChI is InChI=1S/C17H23NO/c1-16(2)13-9-10-17(16,3)14(11-13)18-15(19)12-7-5-4-6-8-12/h4-8,13-14H,9-11H2,1-3H3,(H,18,19)/t13?,14-,17?/m1/s1. The molecule has 3 rings (SSSR count). The first-order valence-electron chi connectivity index (χ1n) is 7.31. The monoisotopic (exact) mass is 257 g/mol. The molecule has 2 saturated carbocycles. The molecule has 102 valence electrons. The van der Waals surface area contributed by atoms with Crippen LogP contribution in [0.3, 0.4) is 0 Å². The van der Waals surface area contributed by atoms with Gasteiger partial charge in [0.1, 0.15) is 0 Å². The summed E-state index contributed by atoms with van der Waals surface area (Å²) in [5, 5.41) is 3.28. The Labute approximate surface area is 115 Å². The molecule has 1 amide bonds. The maximum Gasteiger partial charge on any atom is 0.251 e. The van der Waals surface area contributed by atoms with Gasteiger partial charge in [0, 0.05) is 11.6 Å². The molecule has 0 aromatic heterocycles. The number of nitrogens with one attached hydrogen (secondary N) is 1. The van der Waals surface area contributed by atoms with Gasteiger partial charge in [-0.3, -0.25) is 4.79 Å². The molecule has 0 radical (unpaired) electrons. The highest BCUT2D eigenvalue weighted by Gasteiger charge is 2.61. The van der Waals surface area contributed by atoms with E-state index in [1.807, 2.05) is 30.3 Å². The van der Waals surface area contributed by atoms with Crippen LogP contribution in [0.15, 0.2) is 30.3 Å². The number of rotatable bonds is 2. The van der Waals surface area contributed by atoms with Gasteiger partial charge < -0.3 is 5.32 Å². The maximum absolute atomic E-state index is 12.3. The van der Waals surface area contributed by atoms with Crippen molar-refractivity contribution in [3.63, 3.8) is 0 Å². The van der Waals surface area contributed by atoms with E-state index in [4.69, 9.17) is 0 Å². The minimum absolute atomic E-state index is 0.0789. The lowest BCUT2D eigenvalue weighted by atomic mass is 9.69. The van der Waals surface area contributed by atoms with Crippen LogP contribution in [0.5, 0.6) is 0 Å². The summed E-state index contributed by atoms with van der Waals surface area (Å²) in [5.74, 6) is 0.841. The van der Waals surface area contributed by atoms with E-state index in [0.29, 0.717) is 11.5 Å². The Balaban J connectivity index is 1.78. The van der Waals surface area contributed by atoms with Crippen molar-refractivity contribution in [1.29, 1.82) is 0 Å². The van der Waals surface area contributed by atoms with Gasteiger partial charge in [0.25, 0.3) is 5.91 Å². The lowest BCUT2D eigenvalue weighted by molar-refractivity contribution is 0.0826. The van der Waals surface area contributed by atoms with Crippen molar-refractivity contribution in [2.24, 2.45) is 16.7 Å². The van der Waals surface area contributed by atoms with Gasteiger partial charge in [-0.1, -0.05) is 39.0 Å². The van der Waals surface area contributed by atoms with E-state index in [1.165, 1.54) is 12.8 Å². The zero-order chi connectivity index (χ0) is 13.7. The van der Waals surface area contributed by atoms with Gasteiger partial charge in [0.15, 0.2) is 0 Å². The summed E-state index contributed by atoms with van der Waals surface area (Å²) in [6, 6.07) is 9.88. The molecule has 0 spiro atoms. The van der Waals surface area contributed by atoms with E-state index in [0.717, 1.165) is 17.9 Å². The zero-order valence-electron chi connectivity index (χ0n) is 12.1. The first-order valence-corrected chi connectivity index (χ1v) is 7.31. The highest BCUT2D eigenvalue weighted by atomic mass is 16.1. The number of carbonyl (C=O) groups excluding carboxylic acids is 1. The molecule has 1 aromatic carbocycles. The molecule has 3 atom stereocenters. The summed E-state index contributed by atoms with van der Waals surface area (Å²) in [5.41, 5.74) is 1.37. The molecule has 2 unspecified atom stereocenters. The normalized spacial score (nSPS) is 35.3. The van der Waals surface area contributed by atoms with Gasteiger partial charge in [0.05, 0.1) is 0 Å². The SMILES string of the molecule is CC1(C)C2CCC1(C)[C@H](NC(=O)c1ccccc1)C2. The molecule has 0 aliphatic heterocycles. The minimum atomic E-state index is 0.0789. The van der Waals surface area contributed by atoms with Crippen LogP contribution in [0.2, 0.25) is 0 Å². The molecule has 2 heteroatoms. The molecule has 2 fully saturated rings. The highest BCUT2D eigenvalue weighted by molar-refractivity contribution is 5.94. The van der Waals surface area contributed by atoms with Crippen LogP contribution < -0.4 is 5.32 Å². The summed E-state index contributed by atoms with van der Waals surface area (Å²) in [4.78, 5) is 12.3. The first-order chi connectivity index (χ1) is 8.95. The molecule has 2 nitrogen and oxygen atoms in total. The smallest absolute Gasteiger partial charge is 0.251 e. The third kappa shape index (κ3) is 1.73. The fourth-order valence-electron chi connectivity index (χ4n) is 4.25. The average molecular weight is 257 g/mol. The third-order valence-corrected chi connectivity index (χ3v) is 6.14. The van der Waals surface area contributed by atoms with Crippen LogP contribution in [-0.4, -0.2) is 11.9 Å². The molecule has 1 N–H and O–H groups in total. The van der Waals surface area contributed by atoms with Crippen LogP contribution in [0.1, 0.15) is 50.4 Å². The van der Waals surface area contributed by atoms with Gasteiger partial charge >= 0.3 is 0 Å². The fraction of sp³-hybridized carbons (Fsp3) is 0.588. The Bertz CT molecular complexity index is 493. The summed E-state index contributed by atoms with van der Waals surface area (Å²) < 4.78 is 0. The number of amides is 1. The molecule has 0 heterocycles. The van der Waals surface area contributed by atoms with Gasteiger partial charge in [-0.05, 0) is 48.1 Å². The van der Waals surface area contributed by atoms with E-state index < -0.39 is 0 Å². The second kappa shape index (κ2) is 4.09. The van der Waals surface area contributed by atoms with Crippen molar-refractivity contribution in [1.82, 2.24) is 5.32 Å². The van der Waals surface area contributed by atoms with Crippen LogP contribution in [0.4, 0.5) is 0 Å². The number of fused-ring (bicyclic) bond motifs is 2. The van der Waals surface area contributed by atoms with Gasteiger partial charge in [-0.15, -0.1) is 0 Å². The minimum Gasteiger partial charge on any atom is -0.349 e. The van der Waals surface area contributed by atoms with Crippen LogP contribution in [-0.2, 0) is 0 Å². The highest BCUT2D eigenvalue weighted by Crippen LogP contribution is 2.65. The molecule has 19 heavy (non-hydrogen) atoms. The number of hydrogen-bond donors (Lipinski definition) is 1. The Morgan fingerprint density at radius 2 is 1.89 bits per heavy atom. The largest absolute Gasteiger partial charge is 0.349 e. The summed E-state index contributed by atoms with van der Waals surface area (Å²) in [7, 11) is 0. The van der Waals surface area contributed by atoms with Crippen molar-refractivity contribution >= 4 is 5.91 Å². The maximum atomic E-state index is 12.3.